The van der Waals surface area contributed by atoms with Crippen molar-refractivity contribution in [3.8, 4) is 11.5 Å². The standard InChI is InChI=1S/C23H26N4O6/c1-25-9-11-26(12-10-25)23(29)18(24-22(28)16-7-5-4-6-8-16)13-17-14-20(32-2)21(33-3)15-19(17)27(30)31/h4-8,13-15H,9-12H2,1-3H3,(H,24,28)/p+1/b18-13+. The maximum absolute atomic E-state index is 13.3. The molecule has 0 aliphatic carbocycles. The Morgan fingerprint density at radius 3 is 2.27 bits per heavy atom. The van der Waals surface area contributed by atoms with E-state index in [9.17, 15) is 19.7 Å². The van der Waals surface area contributed by atoms with Gasteiger partial charge in [0.2, 0.25) is 0 Å². The van der Waals surface area contributed by atoms with E-state index in [-0.39, 0.29) is 28.4 Å². The van der Waals surface area contributed by atoms with Gasteiger partial charge in [-0.05, 0) is 24.3 Å². The minimum absolute atomic E-state index is 0.0567. The molecule has 174 valence electrons. The van der Waals surface area contributed by atoms with Gasteiger partial charge in [-0.1, -0.05) is 18.2 Å². The summed E-state index contributed by atoms with van der Waals surface area (Å²) < 4.78 is 10.4. The highest BCUT2D eigenvalue weighted by Crippen LogP contribution is 2.35. The maximum Gasteiger partial charge on any atom is 0.280 e. The first-order valence-electron chi connectivity index (χ1n) is 10.4. The lowest BCUT2D eigenvalue weighted by Crippen LogP contribution is -3.12. The van der Waals surface area contributed by atoms with Crippen molar-refractivity contribution >= 4 is 23.6 Å². The average Bonchev–Trinajstić information content (AvgIpc) is 2.83. The zero-order valence-electron chi connectivity index (χ0n) is 18.8. The second-order valence-corrected chi connectivity index (χ2v) is 7.65. The number of nitro groups is 1. The molecule has 0 spiro atoms. The molecule has 3 rings (SSSR count). The third kappa shape index (κ3) is 5.66. The van der Waals surface area contributed by atoms with Crippen LogP contribution in [0.15, 0.2) is 48.2 Å². The molecule has 0 radical (unpaired) electrons. The second kappa shape index (κ2) is 10.6. The molecule has 2 aromatic rings. The summed E-state index contributed by atoms with van der Waals surface area (Å²) in [6.07, 6.45) is 1.31. The van der Waals surface area contributed by atoms with E-state index >= 15 is 0 Å². The molecular formula is C23H27N4O6+. The van der Waals surface area contributed by atoms with Crippen LogP contribution in [0.4, 0.5) is 5.69 Å². The first-order valence-corrected chi connectivity index (χ1v) is 10.4. The van der Waals surface area contributed by atoms with Gasteiger partial charge in [-0.25, -0.2) is 0 Å². The number of nitrogens with one attached hydrogen (secondary N) is 2. The third-order valence-corrected chi connectivity index (χ3v) is 5.45. The number of ether oxygens (including phenoxy) is 2. The number of amides is 2. The first-order chi connectivity index (χ1) is 15.8. The van der Waals surface area contributed by atoms with Gasteiger partial charge < -0.3 is 24.6 Å². The van der Waals surface area contributed by atoms with Gasteiger partial charge in [0.05, 0.1) is 64.0 Å². The molecule has 1 heterocycles. The lowest BCUT2D eigenvalue weighted by molar-refractivity contribution is -0.883. The number of hydrogen-bond acceptors (Lipinski definition) is 6. The zero-order chi connectivity index (χ0) is 24.0. The monoisotopic (exact) mass is 455 g/mol. The third-order valence-electron chi connectivity index (χ3n) is 5.45. The van der Waals surface area contributed by atoms with Crippen LogP contribution in [0.2, 0.25) is 0 Å². The van der Waals surface area contributed by atoms with Crippen molar-refractivity contribution in [1.29, 1.82) is 0 Å². The Kier molecular flexibility index (Phi) is 7.62. The van der Waals surface area contributed by atoms with Gasteiger partial charge in [0.1, 0.15) is 5.70 Å². The highest BCUT2D eigenvalue weighted by molar-refractivity contribution is 6.05. The molecule has 10 nitrogen and oxygen atoms in total. The van der Waals surface area contributed by atoms with E-state index in [0.717, 1.165) is 13.1 Å². The molecule has 1 aliphatic heterocycles. The molecule has 2 aromatic carbocycles. The Labute approximate surface area is 191 Å². The lowest BCUT2D eigenvalue weighted by atomic mass is 10.1. The lowest BCUT2D eigenvalue weighted by Gasteiger charge is -2.30. The maximum atomic E-state index is 13.3. The van der Waals surface area contributed by atoms with Crippen molar-refractivity contribution in [2.24, 2.45) is 0 Å². The van der Waals surface area contributed by atoms with Crippen molar-refractivity contribution in [2.45, 2.75) is 0 Å². The van der Waals surface area contributed by atoms with Crippen molar-refractivity contribution < 1.29 is 28.9 Å². The van der Waals surface area contributed by atoms with Crippen LogP contribution in [-0.4, -0.2) is 69.1 Å². The van der Waals surface area contributed by atoms with Crippen LogP contribution in [0, 0.1) is 10.1 Å². The molecule has 1 aliphatic rings. The predicted molar refractivity (Wildman–Crippen MR) is 121 cm³/mol. The van der Waals surface area contributed by atoms with Crippen LogP contribution in [0.25, 0.3) is 6.08 Å². The number of carbonyl (C=O) groups is 2. The Bertz CT molecular complexity index is 1060. The van der Waals surface area contributed by atoms with E-state index in [0.29, 0.717) is 18.7 Å². The highest BCUT2D eigenvalue weighted by Gasteiger charge is 2.27. The van der Waals surface area contributed by atoms with E-state index in [2.05, 4.69) is 5.32 Å². The largest absolute Gasteiger partial charge is 0.493 e. The number of hydrogen-bond donors (Lipinski definition) is 2. The van der Waals surface area contributed by atoms with Gasteiger partial charge in [-0.3, -0.25) is 19.7 Å². The van der Waals surface area contributed by atoms with Crippen LogP contribution >= 0.6 is 0 Å². The fraction of sp³-hybridized carbons (Fsp3) is 0.304. The number of quaternary nitrogens is 1. The van der Waals surface area contributed by atoms with Crippen molar-refractivity contribution in [1.82, 2.24) is 10.2 Å². The molecule has 2 amide bonds. The number of carbonyl (C=O) groups excluding carboxylic acids is 2. The van der Waals surface area contributed by atoms with Crippen LogP contribution in [0.3, 0.4) is 0 Å². The Hall–Kier alpha value is -3.92. The normalized spacial score (nSPS) is 14.5. The number of rotatable bonds is 7. The summed E-state index contributed by atoms with van der Waals surface area (Å²) in [5.41, 5.74) is 0.128. The minimum Gasteiger partial charge on any atom is -0.493 e. The number of piperazine rings is 1. The molecule has 0 unspecified atom stereocenters. The topological polar surface area (TPSA) is 115 Å². The zero-order valence-corrected chi connectivity index (χ0v) is 18.8. The molecule has 0 atom stereocenters. The van der Waals surface area contributed by atoms with Crippen LogP contribution in [0.5, 0.6) is 11.5 Å². The van der Waals surface area contributed by atoms with Gasteiger partial charge in [0.25, 0.3) is 17.5 Å². The van der Waals surface area contributed by atoms with Crippen LogP contribution < -0.4 is 19.7 Å². The van der Waals surface area contributed by atoms with Crippen molar-refractivity contribution in [2.75, 3.05) is 47.4 Å². The number of benzene rings is 2. The van der Waals surface area contributed by atoms with Gasteiger partial charge in [-0.15, -0.1) is 0 Å². The Morgan fingerprint density at radius 2 is 1.70 bits per heavy atom. The predicted octanol–water partition coefficient (Wildman–Crippen LogP) is 0.740. The van der Waals surface area contributed by atoms with Gasteiger partial charge in [-0.2, -0.15) is 0 Å². The van der Waals surface area contributed by atoms with Crippen molar-refractivity contribution in [3.05, 3.63) is 69.4 Å². The summed E-state index contributed by atoms with van der Waals surface area (Å²) in [6, 6.07) is 11.1. The van der Waals surface area contributed by atoms with E-state index in [1.807, 2.05) is 7.05 Å². The van der Waals surface area contributed by atoms with Gasteiger partial charge >= 0.3 is 0 Å². The molecular weight excluding hydrogens is 428 g/mol. The smallest absolute Gasteiger partial charge is 0.280 e. The molecule has 33 heavy (non-hydrogen) atoms. The highest BCUT2D eigenvalue weighted by atomic mass is 16.6. The molecule has 1 saturated heterocycles. The molecule has 10 heteroatoms. The SMILES string of the molecule is COc1cc(/C=C(/NC(=O)c2ccccc2)C(=O)N2CC[NH+](C)CC2)c([N+](=O)[O-])cc1OC. The van der Waals surface area contributed by atoms with Crippen LogP contribution in [0.1, 0.15) is 15.9 Å². The molecule has 0 aromatic heterocycles. The average molecular weight is 455 g/mol. The molecule has 2 N–H and O–H groups in total. The number of nitrogens with zero attached hydrogens (tertiary/aromatic N) is 2. The van der Waals surface area contributed by atoms with Gasteiger partial charge in [0, 0.05) is 5.56 Å². The Balaban J connectivity index is 2.05. The molecule has 0 saturated carbocycles. The summed E-state index contributed by atoms with van der Waals surface area (Å²) >= 11 is 0. The fourth-order valence-electron chi connectivity index (χ4n) is 3.51. The fourth-order valence-corrected chi connectivity index (χ4v) is 3.51. The number of methoxy groups -OCH3 is 2. The minimum atomic E-state index is -0.575. The summed E-state index contributed by atoms with van der Waals surface area (Å²) in [5.74, 6) is -0.447. The summed E-state index contributed by atoms with van der Waals surface area (Å²) in [6.45, 7) is 2.55. The summed E-state index contributed by atoms with van der Waals surface area (Å²) in [7, 11) is 4.83. The number of nitro benzene ring substituents is 1. The second-order valence-electron chi connectivity index (χ2n) is 7.65. The van der Waals surface area contributed by atoms with E-state index < -0.39 is 16.7 Å². The van der Waals surface area contributed by atoms with E-state index in [1.165, 1.54) is 37.3 Å². The summed E-state index contributed by atoms with van der Waals surface area (Å²) in [5, 5.41) is 14.4. The van der Waals surface area contributed by atoms with E-state index in [1.54, 1.807) is 35.2 Å². The molecule has 1 fully saturated rings. The first kappa shape index (κ1) is 23.7. The van der Waals surface area contributed by atoms with Crippen LogP contribution in [-0.2, 0) is 4.79 Å². The summed E-state index contributed by atoms with van der Waals surface area (Å²) in [4.78, 5) is 40.2. The van der Waals surface area contributed by atoms with Crippen molar-refractivity contribution in [3.63, 3.8) is 0 Å². The quantitative estimate of drug-likeness (QED) is 0.362. The number of likely N-dealkylation sites (N-methyl/N-ethyl adjacent to an activating group) is 1. The molecule has 0 bridgehead atoms. The Morgan fingerprint density at radius 1 is 1.09 bits per heavy atom. The van der Waals surface area contributed by atoms with E-state index in [4.69, 9.17) is 9.47 Å². The van der Waals surface area contributed by atoms with Gasteiger partial charge in [0.15, 0.2) is 11.5 Å².